The summed E-state index contributed by atoms with van der Waals surface area (Å²) in [6.45, 7) is 8.28. The molecule has 0 saturated carbocycles. The second kappa shape index (κ2) is 13.1. The monoisotopic (exact) mass is 494 g/mol. The van der Waals surface area contributed by atoms with E-state index in [4.69, 9.17) is 23.2 Å². The third kappa shape index (κ3) is 7.72. The lowest BCUT2D eigenvalue weighted by Crippen LogP contribution is -2.51. The van der Waals surface area contributed by atoms with Gasteiger partial charge in [-0.2, -0.15) is 0 Å². The lowest BCUT2D eigenvalue weighted by atomic mass is 10.1. The average Bonchev–Trinajstić information content (AvgIpc) is 2.77. The number of halogens is 2. The second-order valence-electron chi connectivity index (χ2n) is 7.93. The molecule has 0 aliphatic heterocycles. The Labute approximate surface area is 206 Å². The number of aryl methyl sites for hydroxylation is 1. The van der Waals surface area contributed by atoms with Crippen molar-refractivity contribution in [2.45, 2.75) is 64.9 Å². The van der Waals surface area contributed by atoms with Crippen LogP contribution in [-0.4, -0.2) is 34.6 Å². The van der Waals surface area contributed by atoms with Crippen molar-refractivity contribution in [2.75, 3.05) is 5.75 Å². The van der Waals surface area contributed by atoms with Crippen molar-refractivity contribution in [1.82, 2.24) is 10.2 Å². The van der Waals surface area contributed by atoms with Crippen LogP contribution in [0.5, 0.6) is 0 Å². The molecule has 0 radical (unpaired) electrons. The van der Waals surface area contributed by atoms with Crippen LogP contribution >= 0.6 is 35.0 Å². The molecule has 0 aliphatic carbocycles. The number of nitrogens with one attached hydrogen (secondary N) is 1. The molecular weight excluding hydrogens is 463 g/mol. The fourth-order valence-corrected chi connectivity index (χ4v) is 4.61. The summed E-state index contributed by atoms with van der Waals surface area (Å²) >= 11 is 13.8. The maximum Gasteiger partial charge on any atom is 0.243 e. The summed E-state index contributed by atoms with van der Waals surface area (Å²) < 4.78 is 0. The molecule has 0 fully saturated rings. The van der Waals surface area contributed by atoms with E-state index >= 15 is 0 Å². The number of thioether (sulfide) groups is 1. The first kappa shape index (κ1) is 26.6. The number of amides is 2. The van der Waals surface area contributed by atoms with Crippen LogP contribution < -0.4 is 5.32 Å². The van der Waals surface area contributed by atoms with Crippen LogP contribution in [0.15, 0.2) is 42.5 Å². The number of benzene rings is 2. The summed E-state index contributed by atoms with van der Waals surface area (Å²) in [7, 11) is 0. The van der Waals surface area contributed by atoms with Crippen LogP contribution in [-0.2, 0) is 21.9 Å². The molecule has 2 aromatic rings. The highest BCUT2D eigenvalue weighted by Gasteiger charge is 2.29. The van der Waals surface area contributed by atoms with E-state index in [9.17, 15) is 9.59 Å². The molecule has 7 heteroatoms. The Morgan fingerprint density at radius 1 is 1.06 bits per heavy atom. The molecule has 32 heavy (non-hydrogen) atoms. The van der Waals surface area contributed by atoms with E-state index in [1.54, 1.807) is 28.8 Å². The highest BCUT2D eigenvalue weighted by atomic mass is 35.5. The van der Waals surface area contributed by atoms with Gasteiger partial charge in [0, 0.05) is 18.3 Å². The summed E-state index contributed by atoms with van der Waals surface area (Å²) in [4.78, 5) is 28.0. The van der Waals surface area contributed by atoms with E-state index < -0.39 is 6.04 Å². The molecule has 2 rings (SSSR count). The minimum absolute atomic E-state index is 0.0499. The Kier molecular flexibility index (Phi) is 10.9. The topological polar surface area (TPSA) is 49.4 Å². The normalized spacial score (nSPS) is 12.8. The Morgan fingerprint density at radius 2 is 1.78 bits per heavy atom. The summed E-state index contributed by atoms with van der Waals surface area (Å²) in [6, 6.07) is 13.0. The summed E-state index contributed by atoms with van der Waals surface area (Å²) in [5.74, 6) is 0.845. The van der Waals surface area contributed by atoms with Gasteiger partial charge in [-0.25, -0.2) is 0 Å². The maximum atomic E-state index is 13.3. The van der Waals surface area contributed by atoms with E-state index in [1.165, 1.54) is 11.1 Å². The van der Waals surface area contributed by atoms with Crippen LogP contribution in [0.2, 0.25) is 10.0 Å². The molecule has 4 nitrogen and oxygen atoms in total. The first-order valence-electron chi connectivity index (χ1n) is 10.9. The highest BCUT2D eigenvalue weighted by Crippen LogP contribution is 2.25. The number of carbonyl (C=O) groups excluding carboxylic acids is 2. The molecule has 0 unspecified atom stereocenters. The van der Waals surface area contributed by atoms with Crippen molar-refractivity contribution in [3.8, 4) is 0 Å². The molecule has 0 saturated heterocycles. The molecule has 0 aromatic heterocycles. The standard InChI is InChI=1S/C25H32Cl2N2O2S/c1-5-18(4)28-25(31)23(6-2)29(14-19-11-12-21(26)22(27)13-19)24(30)16-32-15-20-10-8-7-9-17(20)3/h7-13,18,23H,5-6,14-16H2,1-4H3,(H,28,31)/t18-,23+/m1/s1. The van der Waals surface area contributed by atoms with Crippen molar-refractivity contribution in [3.05, 3.63) is 69.2 Å². The number of nitrogens with zero attached hydrogens (tertiary/aromatic N) is 1. The Bertz CT molecular complexity index is 923. The van der Waals surface area contributed by atoms with Gasteiger partial charge in [-0.1, -0.05) is 67.4 Å². The van der Waals surface area contributed by atoms with Crippen LogP contribution in [0.25, 0.3) is 0 Å². The van der Waals surface area contributed by atoms with Crippen LogP contribution in [0.4, 0.5) is 0 Å². The Hall–Kier alpha value is -1.69. The van der Waals surface area contributed by atoms with Gasteiger partial charge < -0.3 is 10.2 Å². The van der Waals surface area contributed by atoms with E-state index in [-0.39, 0.29) is 17.9 Å². The molecule has 2 amide bonds. The van der Waals surface area contributed by atoms with Gasteiger partial charge in [-0.3, -0.25) is 9.59 Å². The molecular formula is C25H32Cl2N2O2S. The Morgan fingerprint density at radius 3 is 2.41 bits per heavy atom. The fraction of sp³-hybridized carbons (Fsp3) is 0.440. The number of hydrogen-bond donors (Lipinski definition) is 1. The zero-order valence-electron chi connectivity index (χ0n) is 19.2. The summed E-state index contributed by atoms with van der Waals surface area (Å²) in [6.07, 6.45) is 1.35. The van der Waals surface area contributed by atoms with Gasteiger partial charge in [0.2, 0.25) is 11.8 Å². The average molecular weight is 496 g/mol. The van der Waals surface area contributed by atoms with Gasteiger partial charge in [0.15, 0.2) is 0 Å². The minimum atomic E-state index is -0.551. The number of hydrogen-bond acceptors (Lipinski definition) is 3. The van der Waals surface area contributed by atoms with E-state index in [2.05, 4.69) is 24.4 Å². The van der Waals surface area contributed by atoms with E-state index in [0.29, 0.717) is 28.8 Å². The van der Waals surface area contributed by atoms with E-state index in [1.807, 2.05) is 39.0 Å². The molecule has 0 aliphatic rings. The molecule has 0 spiro atoms. The smallest absolute Gasteiger partial charge is 0.243 e. The van der Waals surface area contributed by atoms with Gasteiger partial charge in [-0.15, -0.1) is 11.8 Å². The quantitative estimate of drug-likeness (QED) is 0.401. The first-order chi connectivity index (χ1) is 15.3. The van der Waals surface area contributed by atoms with Crippen LogP contribution in [0.3, 0.4) is 0 Å². The number of rotatable bonds is 11. The molecule has 0 heterocycles. The second-order valence-corrected chi connectivity index (χ2v) is 9.73. The van der Waals surface area contributed by atoms with Crippen molar-refractivity contribution in [2.24, 2.45) is 0 Å². The highest BCUT2D eigenvalue weighted by molar-refractivity contribution is 7.99. The number of carbonyl (C=O) groups is 2. The third-order valence-electron chi connectivity index (χ3n) is 5.47. The molecule has 1 N–H and O–H groups in total. The SMILES string of the molecule is CC[C@@H](C)NC(=O)[C@H](CC)N(Cc1ccc(Cl)c(Cl)c1)C(=O)CSCc1ccccc1C. The molecule has 0 bridgehead atoms. The van der Waals surface area contributed by atoms with Gasteiger partial charge in [0.05, 0.1) is 15.8 Å². The van der Waals surface area contributed by atoms with E-state index in [0.717, 1.165) is 17.7 Å². The molecule has 174 valence electrons. The minimum Gasteiger partial charge on any atom is -0.352 e. The van der Waals surface area contributed by atoms with Gasteiger partial charge in [0.1, 0.15) is 6.04 Å². The van der Waals surface area contributed by atoms with Crippen molar-refractivity contribution in [3.63, 3.8) is 0 Å². The zero-order valence-corrected chi connectivity index (χ0v) is 21.5. The van der Waals surface area contributed by atoms with Gasteiger partial charge in [0.25, 0.3) is 0 Å². The van der Waals surface area contributed by atoms with Crippen molar-refractivity contribution in [1.29, 1.82) is 0 Å². The summed E-state index contributed by atoms with van der Waals surface area (Å²) in [5, 5.41) is 3.92. The summed E-state index contributed by atoms with van der Waals surface area (Å²) in [5.41, 5.74) is 3.26. The lowest BCUT2D eigenvalue weighted by Gasteiger charge is -2.31. The van der Waals surface area contributed by atoms with Crippen molar-refractivity contribution >= 4 is 46.8 Å². The largest absolute Gasteiger partial charge is 0.352 e. The fourth-order valence-electron chi connectivity index (χ4n) is 3.30. The van der Waals surface area contributed by atoms with Crippen LogP contribution in [0.1, 0.15) is 50.3 Å². The zero-order chi connectivity index (χ0) is 23.7. The Balaban J connectivity index is 2.18. The third-order valence-corrected chi connectivity index (χ3v) is 7.17. The molecule has 2 aromatic carbocycles. The predicted octanol–water partition coefficient (Wildman–Crippen LogP) is 6.26. The van der Waals surface area contributed by atoms with Gasteiger partial charge in [-0.05, 0) is 55.5 Å². The lowest BCUT2D eigenvalue weighted by molar-refractivity contribution is -0.139. The maximum absolute atomic E-state index is 13.3. The molecule has 2 atom stereocenters. The first-order valence-corrected chi connectivity index (χ1v) is 12.8. The van der Waals surface area contributed by atoms with Crippen LogP contribution in [0, 0.1) is 6.92 Å². The van der Waals surface area contributed by atoms with Gasteiger partial charge >= 0.3 is 0 Å². The predicted molar refractivity (Wildman–Crippen MR) is 136 cm³/mol. The van der Waals surface area contributed by atoms with Crippen molar-refractivity contribution < 1.29 is 9.59 Å².